The van der Waals surface area contributed by atoms with Gasteiger partial charge in [-0.05, 0) is 33.6 Å². The zero-order valence-corrected chi connectivity index (χ0v) is 13.0. The molecule has 0 aliphatic rings. The van der Waals surface area contributed by atoms with Gasteiger partial charge in [0.15, 0.2) is 0 Å². The fourth-order valence-corrected chi connectivity index (χ4v) is 1.86. The molecule has 0 aromatic rings. The van der Waals surface area contributed by atoms with Gasteiger partial charge in [-0.2, -0.15) is 0 Å². The van der Waals surface area contributed by atoms with Gasteiger partial charge < -0.3 is 14.9 Å². The van der Waals surface area contributed by atoms with Crippen LogP contribution in [0.3, 0.4) is 0 Å². The van der Waals surface area contributed by atoms with E-state index in [1.54, 1.807) is 4.90 Å². The molecule has 0 saturated carbocycles. The van der Waals surface area contributed by atoms with Crippen LogP contribution in [0.4, 0.5) is 4.79 Å². The molecular formula is C14H28N2O3. The van der Waals surface area contributed by atoms with Crippen LogP contribution in [0.25, 0.3) is 0 Å². The van der Waals surface area contributed by atoms with Gasteiger partial charge in [-0.25, -0.2) is 4.79 Å². The average molecular weight is 272 g/mol. The fourth-order valence-electron chi connectivity index (χ4n) is 1.86. The summed E-state index contributed by atoms with van der Waals surface area (Å²) < 4.78 is 0. The zero-order chi connectivity index (χ0) is 15.2. The Hall–Kier alpha value is -1.26. The minimum absolute atomic E-state index is 0.000243. The van der Waals surface area contributed by atoms with Gasteiger partial charge in [0, 0.05) is 25.2 Å². The average Bonchev–Trinajstić information content (AvgIpc) is 2.24. The predicted molar refractivity (Wildman–Crippen MR) is 76.2 cm³/mol. The standard InChI is InChI=1S/C14H28N2O3/c1-10(2)9-16(12(5)6)14(19)15(11(3)4)8-7-13(17)18/h10-12H,7-9H2,1-6H3,(H,17,18). The highest BCUT2D eigenvalue weighted by Crippen LogP contribution is 2.11. The molecule has 19 heavy (non-hydrogen) atoms. The third-order valence-corrected chi connectivity index (χ3v) is 2.87. The lowest BCUT2D eigenvalue weighted by Gasteiger charge is -2.36. The summed E-state index contributed by atoms with van der Waals surface area (Å²) >= 11 is 0. The number of hydrogen-bond donors (Lipinski definition) is 1. The second kappa shape index (κ2) is 8.02. The van der Waals surface area contributed by atoms with Crippen LogP contribution < -0.4 is 0 Å². The smallest absolute Gasteiger partial charge is 0.320 e. The summed E-state index contributed by atoms with van der Waals surface area (Å²) in [5.74, 6) is -0.488. The Kier molecular flexibility index (Phi) is 7.49. The van der Waals surface area contributed by atoms with Crippen LogP contribution in [-0.2, 0) is 4.79 Å². The van der Waals surface area contributed by atoms with E-state index in [0.717, 1.165) is 0 Å². The number of carbonyl (C=O) groups excluding carboxylic acids is 1. The van der Waals surface area contributed by atoms with Gasteiger partial charge in [-0.3, -0.25) is 4.79 Å². The molecule has 0 aliphatic carbocycles. The number of carboxylic acid groups (broad SMARTS) is 1. The Morgan fingerprint density at radius 3 is 1.74 bits per heavy atom. The molecule has 0 aliphatic heterocycles. The van der Waals surface area contributed by atoms with Crippen LogP contribution >= 0.6 is 0 Å². The van der Waals surface area contributed by atoms with Crippen LogP contribution in [-0.4, -0.2) is 52.1 Å². The number of hydrogen-bond acceptors (Lipinski definition) is 2. The molecule has 5 heteroatoms. The fraction of sp³-hybridized carbons (Fsp3) is 0.857. The van der Waals surface area contributed by atoms with E-state index < -0.39 is 5.97 Å². The minimum atomic E-state index is -0.876. The predicted octanol–water partition coefficient (Wildman–Crippen LogP) is 2.66. The first kappa shape index (κ1) is 17.7. The summed E-state index contributed by atoms with van der Waals surface area (Å²) in [6, 6.07) is 0.0428. The molecule has 0 heterocycles. The zero-order valence-electron chi connectivity index (χ0n) is 13.0. The largest absolute Gasteiger partial charge is 0.481 e. The third kappa shape index (κ3) is 6.45. The lowest BCUT2D eigenvalue weighted by atomic mass is 10.2. The van der Waals surface area contributed by atoms with Gasteiger partial charge in [-0.1, -0.05) is 13.8 Å². The van der Waals surface area contributed by atoms with E-state index in [1.165, 1.54) is 0 Å². The maximum absolute atomic E-state index is 12.5. The molecule has 0 rings (SSSR count). The van der Waals surface area contributed by atoms with Crippen molar-refractivity contribution in [3.63, 3.8) is 0 Å². The van der Waals surface area contributed by atoms with Crippen molar-refractivity contribution in [1.29, 1.82) is 0 Å². The quantitative estimate of drug-likeness (QED) is 0.775. The van der Waals surface area contributed by atoms with Crippen molar-refractivity contribution < 1.29 is 14.7 Å². The number of rotatable bonds is 7. The highest BCUT2D eigenvalue weighted by atomic mass is 16.4. The van der Waals surface area contributed by atoms with E-state index >= 15 is 0 Å². The molecule has 0 aromatic heterocycles. The molecular weight excluding hydrogens is 244 g/mol. The Bertz CT molecular complexity index is 301. The van der Waals surface area contributed by atoms with Crippen molar-refractivity contribution in [2.45, 2.75) is 60.0 Å². The summed E-state index contributed by atoms with van der Waals surface area (Å²) in [5.41, 5.74) is 0. The summed E-state index contributed by atoms with van der Waals surface area (Å²) in [6.07, 6.45) is -0.0163. The molecule has 0 aromatic carbocycles. The lowest BCUT2D eigenvalue weighted by molar-refractivity contribution is -0.137. The first-order valence-electron chi connectivity index (χ1n) is 6.95. The van der Waals surface area contributed by atoms with Crippen LogP contribution in [0, 0.1) is 5.92 Å². The lowest BCUT2D eigenvalue weighted by Crippen LogP contribution is -2.50. The molecule has 0 unspecified atom stereocenters. The van der Waals surface area contributed by atoms with Crippen molar-refractivity contribution in [2.24, 2.45) is 5.92 Å². The normalized spacial score (nSPS) is 11.2. The van der Waals surface area contributed by atoms with Gasteiger partial charge >= 0.3 is 12.0 Å². The van der Waals surface area contributed by atoms with Gasteiger partial charge in [-0.15, -0.1) is 0 Å². The maximum atomic E-state index is 12.5. The van der Waals surface area contributed by atoms with Crippen molar-refractivity contribution in [1.82, 2.24) is 9.80 Å². The van der Waals surface area contributed by atoms with E-state index in [9.17, 15) is 9.59 Å². The van der Waals surface area contributed by atoms with E-state index in [0.29, 0.717) is 12.5 Å². The summed E-state index contributed by atoms with van der Waals surface area (Å²) in [6.45, 7) is 12.9. The van der Waals surface area contributed by atoms with Crippen molar-refractivity contribution in [2.75, 3.05) is 13.1 Å². The Labute approximate surface area is 116 Å². The molecule has 5 nitrogen and oxygen atoms in total. The first-order valence-corrected chi connectivity index (χ1v) is 6.95. The van der Waals surface area contributed by atoms with E-state index in [-0.39, 0.29) is 31.1 Å². The van der Waals surface area contributed by atoms with Crippen LogP contribution in [0.1, 0.15) is 48.0 Å². The highest BCUT2D eigenvalue weighted by Gasteiger charge is 2.25. The van der Waals surface area contributed by atoms with Crippen LogP contribution in [0.2, 0.25) is 0 Å². The topological polar surface area (TPSA) is 60.9 Å². The van der Waals surface area contributed by atoms with Gasteiger partial charge in [0.2, 0.25) is 0 Å². The maximum Gasteiger partial charge on any atom is 0.320 e. The molecule has 0 saturated heterocycles. The Morgan fingerprint density at radius 1 is 0.947 bits per heavy atom. The van der Waals surface area contributed by atoms with Gasteiger partial charge in [0.05, 0.1) is 6.42 Å². The molecule has 2 amide bonds. The monoisotopic (exact) mass is 272 g/mol. The van der Waals surface area contributed by atoms with E-state index in [1.807, 2.05) is 32.6 Å². The number of carbonyl (C=O) groups is 2. The summed E-state index contributed by atoms with van der Waals surface area (Å²) in [7, 11) is 0. The highest BCUT2D eigenvalue weighted by molar-refractivity contribution is 5.76. The first-order chi connectivity index (χ1) is 8.66. The Morgan fingerprint density at radius 2 is 1.42 bits per heavy atom. The molecule has 1 N–H and O–H groups in total. The third-order valence-electron chi connectivity index (χ3n) is 2.87. The van der Waals surface area contributed by atoms with Gasteiger partial charge in [0.1, 0.15) is 0 Å². The number of amides is 2. The van der Waals surface area contributed by atoms with Crippen LogP contribution in [0.15, 0.2) is 0 Å². The summed E-state index contributed by atoms with van der Waals surface area (Å²) in [5, 5.41) is 8.77. The molecule has 0 bridgehead atoms. The molecule has 112 valence electrons. The Balaban J connectivity index is 4.87. The summed E-state index contributed by atoms with van der Waals surface area (Å²) in [4.78, 5) is 26.7. The van der Waals surface area contributed by atoms with Crippen molar-refractivity contribution in [3.8, 4) is 0 Å². The molecule has 0 fully saturated rings. The van der Waals surface area contributed by atoms with Crippen LogP contribution in [0.5, 0.6) is 0 Å². The van der Waals surface area contributed by atoms with E-state index in [2.05, 4.69) is 13.8 Å². The van der Waals surface area contributed by atoms with Gasteiger partial charge in [0.25, 0.3) is 0 Å². The van der Waals surface area contributed by atoms with Crippen molar-refractivity contribution >= 4 is 12.0 Å². The minimum Gasteiger partial charge on any atom is -0.481 e. The number of aliphatic carboxylic acids is 1. The second-order valence-electron chi connectivity index (χ2n) is 5.85. The number of urea groups is 1. The number of nitrogens with zero attached hydrogens (tertiary/aromatic N) is 2. The SMILES string of the molecule is CC(C)CN(C(=O)N(CCC(=O)O)C(C)C)C(C)C. The molecule has 0 spiro atoms. The van der Waals surface area contributed by atoms with E-state index in [4.69, 9.17) is 5.11 Å². The number of carboxylic acids is 1. The second-order valence-corrected chi connectivity index (χ2v) is 5.85. The molecule has 0 atom stereocenters. The molecule has 0 radical (unpaired) electrons. The van der Waals surface area contributed by atoms with Crippen molar-refractivity contribution in [3.05, 3.63) is 0 Å².